The second kappa shape index (κ2) is 3.70. The lowest BCUT2D eigenvalue weighted by molar-refractivity contribution is 0.234. The molecular weight excluding hydrogens is 156 g/mol. The van der Waals surface area contributed by atoms with E-state index in [1.54, 1.807) is 13.0 Å². The van der Waals surface area contributed by atoms with Crippen LogP contribution in [-0.2, 0) is 14.6 Å². The van der Waals surface area contributed by atoms with Gasteiger partial charge in [0.25, 0.3) is 0 Å². The molecule has 10 heavy (non-hydrogen) atoms. The zero-order valence-corrected chi connectivity index (χ0v) is 6.63. The van der Waals surface area contributed by atoms with Gasteiger partial charge >= 0.3 is 10.4 Å². The molecule has 0 amide bonds. The molecular formula is C5H10O4S. The minimum Gasteiger partial charge on any atom is -0.264 e. The van der Waals surface area contributed by atoms with Crippen LogP contribution in [0.1, 0.15) is 13.8 Å². The molecule has 0 saturated heterocycles. The molecule has 1 unspecified atom stereocenters. The SMILES string of the molecule is CC=CC(C)OS(=O)(=O)O. The number of allylic oxidation sites excluding steroid dienone is 1. The third-order valence-electron chi connectivity index (χ3n) is 0.737. The van der Waals surface area contributed by atoms with Crippen molar-refractivity contribution in [1.29, 1.82) is 0 Å². The smallest absolute Gasteiger partial charge is 0.264 e. The highest BCUT2D eigenvalue weighted by Crippen LogP contribution is 1.97. The minimum atomic E-state index is -4.30. The summed E-state index contributed by atoms with van der Waals surface area (Å²) in [5.74, 6) is 0. The van der Waals surface area contributed by atoms with Crippen molar-refractivity contribution in [2.24, 2.45) is 0 Å². The van der Waals surface area contributed by atoms with Crippen molar-refractivity contribution in [3.05, 3.63) is 12.2 Å². The van der Waals surface area contributed by atoms with Crippen LogP contribution < -0.4 is 0 Å². The zero-order valence-electron chi connectivity index (χ0n) is 5.81. The highest BCUT2D eigenvalue weighted by molar-refractivity contribution is 7.80. The van der Waals surface area contributed by atoms with Crippen molar-refractivity contribution in [3.63, 3.8) is 0 Å². The van der Waals surface area contributed by atoms with Crippen molar-refractivity contribution < 1.29 is 17.2 Å². The third-order valence-corrected chi connectivity index (χ3v) is 1.28. The second-order valence-electron chi connectivity index (χ2n) is 1.75. The van der Waals surface area contributed by atoms with E-state index < -0.39 is 16.5 Å². The Labute approximate surface area is 60.5 Å². The molecule has 1 N–H and O–H groups in total. The summed E-state index contributed by atoms with van der Waals surface area (Å²) in [5, 5.41) is 0. The largest absolute Gasteiger partial charge is 0.397 e. The van der Waals surface area contributed by atoms with E-state index in [-0.39, 0.29) is 0 Å². The highest BCUT2D eigenvalue weighted by Gasteiger charge is 2.07. The lowest BCUT2D eigenvalue weighted by atomic mass is 10.4. The molecule has 4 nitrogen and oxygen atoms in total. The number of hydrogen-bond donors (Lipinski definition) is 1. The van der Waals surface area contributed by atoms with E-state index in [4.69, 9.17) is 4.55 Å². The predicted molar refractivity (Wildman–Crippen MR) is 36.9 cm³/mol. The van der Waals surface area contributed by atoms with E-state index in [1.807, 2.05) is 0 Å². The molecule has 0 fully saturated rings. The Morgan fingerprint density at radius 1 is 1.60 bits per heavy atom. The maximum Gasteiger partial charge on any atom is 0.397 e. The molecule has 5 heteroatoms. The highest BCUT2D eigenvalue weighted by atomic mass is 32.3. The summed E-state index contributed by atoms with van der Waals surface area (Å²) < 4.78 is 32.3. The Hall–Kier alpha value is -0.390. The fourth-order valence-corrected chi connectivity index (χ4v) is 0.943. The van der Waals surface area contributed by atoms with E-state index in [1.165, 1.54) is 13.0 Å². The van der Waals surface area contributed by atoms with Gasteiger partial charge in [0.2, 0.25) is 0 Å². The van der Waals surface area contributed by atoms with Gasteiger partial charge in [0, 0.05) is 0 Å². The van der Waals surface area contributed by atoms with Crippen LogP contribution in [0.25, 0.3) is 0 Å². The quantitative estimate of drug-likeness (QED) is 0.497. The number of rotatable bonds is 3. The van der Waals surface area contributed by atoms with Gasteiger partial charge in [-0.3, -0.25) is 4.55 Å². The first kappa shape index (κ1) is 9.61. The Kier molecular flexibility index (Phi) is 3.55. The molecule has 0 aromatic rings. The van der Waals surface area contributed by atoms with Gasteiger partial charge in [-0.05, 0) is 13.8 Å². The maximum atomic E-state index is 10.0. The topological polar surface area (TPSA) is 63.6 Å². The van der Waals surface area contributed by atoms with E-state index in [0.717, 1.165) is 0 Å². The summed E-state index contributed by atoms with van der Waals surface area (Å²) in [6.45, 7) is 3.23. The monoisotopic (exact) mass is 166 g/mol. The molecule has 0 aliphatic rings. The van der Waals surface area contributed by atoms with E-state index in [2.05, 4.69) is 4.18 Å². The van der Waals surface area contributed by atoms with Gasteiger partial charge < -0.3 is 0 Å². The van der Waals surface area contributed by atoms with Crippen molar-refractivity contribution in [3.8, 4) is 0 Å². The third kappa shape index (κ3) is 5.74. The molecule has 0 bridgehead atoms. The Bertz CT molecular complexity index is 204. The molecule has 60 valence electrons. The average Bonchev–Trinajstić information content (AvgIpc) is 1.59. The summed E-state index contributed by atoms with van der Waals surface area (Å²) in [7, 11) is -4.30. The van der Waals surface area contributed by atoms with Crippen LogP contribution in [0.4, 0.5) is 0 Å². The van der Waals surface area contributed by atoms with E-state index in [9.17, 15) is 8.42 Å². The van der Waals surface area contributed by atoms with Crippen LogP contribution in [0.15, 0.2) is 12.2 Å². The molecule has 0 rings (SSSR count). The molecule has 0 aromatic carbocycles. The van der Waals surface area contributed by atoms with Gasteiger partial charge in [0.15, 0.2) is 0 Å². The molecule has 0 heterocycles. The first-order chi connectivity index (χ1) is 4.45. The molecule has 0 aromatic heterocycles. The fraction of sp³-hybridized carbons (Fsp3) is 0.600. The lowest BCUT2D eigenvalue weighted by Crippen LogP contribution is -2.11. The standard InChI is InChI=1S/C5H10O4S/c1-3-4-5(2)9-10(6,7)8/h3-5H,1-2H3,(H,6,7,8). The normalized spacial score (nSPS) is 15.9. The van der Waals surface area contributed by atoms with Crippen LogP contribution in [0.2, 0.25) is 0 Å². The Balaban J connectivity index is 3.93. The van der Waals surface area contributed by atoms with Crippen LogP contribution in [-0.4, -0.2) is 19.1 Å². The first-order valence-corrected chi connectivity index (χ1v) is 4.10. The van der Waals surface area contributed by atoms with Crippen LogP contribution in [0.5, 0.6) is 0 Å². The van der Waals surface area contributed by atoms with Gasteiger partial charge in [0.05, 0.1) is 6.10 Å². The molecule has 0 radical (unpaired) electrons. The van der Waals surface area contributed by atoms with E-state index in [0.29, 0.717) is 0 Å². The van der Waals surface area contributed by atoms with Crippen LogP contribution >= 0.6 is 0 Å². The van der Waals surface area contributed by atoms with Gasteiger partial charge in [-0.1, -0.05) is 12.2 Å². The van der Waals surface area contributed by atoms with E-state index >= 15 is 0 Å². The summed E-state index contributed by atoms with van der Waals surface area (Å²) in [4.78, 5) is 0. The first-order valence-electron chi connectivity index (χ1n) is 2.74. The van der Waals surface area contributed by atoms with Gasteiger partial charge in [0.1, 0.15) is 0 Å². The van der Waals surface area contributed by atoms with Gasteiger partial charge in [-0.25, -0.2) is 4.18 Å². The minimum absolute atomic E-state index is 0.611. The van der Waals surface area contributed by atoms with Crippen LogP contribution in [0, 0.1) is 0 Å². The molecule has 0 aliphatic carbocycles. The summed E-state index contributed by atoms with van der Waals surface area (Å²) >= 11 is 0. The second-order valence-corrected chi connectivity index (χ2v) is 2.80. The van der Waals surface area contributed by atoms with Crippen LogP contribution in [0.3, 0.4) is 0 Å². The Morgan fingerprint density at radius 2 is 2.10 bits per heavy atom. The Morgan fingerprint density at radius 3 is 2.40 bits per heavy atom. The summed E-state index contributed by atoms with van der Waals surface area (Å²) in [5.41, 5.74) is 0. The van der Waals surface area contributed by atoms with Crippen molar-refractivity contribution in [2.45, 2.75) is 20.0 Å². The summed E-state index contributed by atoms with van der Waals surface area (Å²) in [6.07, 6.45) is 2.53. The lowest BCUT2D eigenvalue weighted by Gasteiger charge is -2.02. The van der Waals surface area contributed by atoms with Crippen molar-refractivity contribution in [2.75, 3.05) is 0 Å². The molecule has 0 aliphatic heterocycles. The predicted octanol–water partition coefficient (Wildman–Crippen LogP) is 0.770. The fourth-order valence-electron chi connectivity index (χ4n) is 0.495. The van der Waals surface area contributed by atoms with Crippen molar-refractivity contribution >= 4 is 10.4 Å². The number of hydrogen-bond acceptors (Lipinski definition) is 3. The maximum absolute atomic E-state index is 10.0. The summed E-state index contributed by atoms with van der Waals surface area (Å²) in [6, 6.07) is 0. The van der Waals surface area contributed by atoms with Gasteiger partial charge in [-0.15, -0.1) is 0 Å². The zero-order chi connectivity index (χ0) is 8.20. The molecule has 0 saturated carbocycles. The average molecular weight is 166 g/mol. The van der Waals surface area contributed by atoms with Crippen molar-refractivity contribution in [1.82, 2.24) is 0 Å². The molecule has 1 atom stereocenters. The van der Waals surface area contributed by atoms with Gasteiger partial charge in [-0.2, -0.15) is 8.42 Å². The molecule has 0 spiro atoms.